The van der Waals surface area contributed by atoms with Gasteiger partial charge < -0.3 is 9.51 Å². The molecular weight excluding hydrogens is 256 g/mol. The summed E-state index contributed by atoms with van der Waals surface area (Å²) in [5.74, 6) is 0.260. The summed E-state index contributed by atoms with van der Waals surface area (Å²) >= 11 is 3.32. The summed E-state index contributed by atoms with van der Waals surface area (Å²) in [4.78, 5) is 4.32. The van der Waals surface area contributed by atoms with Gasteiger partial charge in [0, 0.05) is 12.4 Å². The smallest absolute Gasteiger partial charge is 0.149 e. The van der Waals surface area contributed by atoms with Gasteiger partial charge in [-0.3, -0.25) is 0 Å². The summed E-state index contributed by atoms with van der Waals surface area (Å²) in [6, 6.07) is 7.41. The van der Waals surface area contributed by atoms with E-state index in [9.17, 15) is 5.11 Å². The minimum absolute atomic E-state index is 0.260. The van der Waals surface area contributed by atoms with Gasteiger partial charge in [-0.1, -0.05) is 12.1 Å². The van der Waals surface area contributed by atoms with Crippen LogP contribution in [-0.2, 0) is 0 Å². The third-order valence-electron chi connectivity index (χ3n) is 2.42. The summed E-state index contributed by atoms with van der Waals surface area (Å²) in [6.07, 6.45) is 3.79. The van der Waals surface area contributed by atoms with Crippen molar-refractivity contribution in [3.63, 3.8) is 0 Å². The zero-order chi connectivity index (χ0) is 10.4. The zero-order valence-electron chi connectivity index (χ0n) is 7.68. The second-order valence-electron chi connectivity index (χ2n) is 3.35. The van der Waals surface area contributed by atoms with Gasteiger partial charge in [-0.05, 0) is 33.4 Å². The number of imidazole rings is 1. The molecule has 15 heavy (non-hydrogen) atoms. The topological polar surface area (TPSA) is 37.5 Å². The average Bonchev–Trinajstić information content (AvgIpc) is 2.58. The van der Waals surface area contributed by atoms with E-state index in [4.69, 9.17) is 0 Å². The number of pyridine rings is 1. The lowest BCUT2D eigenvalue weighted by Gasteiger charge is -2.01. The lowest BCUT2D eigenvalue weighted by molar-refractivity contribution is 0.482. The van der Waals surface area contributed by atoms with E-state index in [1.807, 2.05) is 35.0 Å². The Morgan fingerprint density at radius 2 is 2.13 bits per heavy atom. The quantitative estimate of drug-likeness (QED) is 0.677. The van der Waals surface area contributed by atoms with Crippen LogP contribution in [0.2, 0.25) is 0 Å². The molecule has 0 aliphatic heterocycles. The number of hydrogen-bond acceptors (Lipinski definition) is 2. The number of nitrogens with zero attached hydrogens (tertiary/aromatic N) is 2. The van der Waals surface area contributed by atoms with E-state index in [1.54, 1.807) is 6.07 Å². The molecule has 0 bridgehead atoms. The molecule has 74 valence electrons. The highest BCUT2D eigenvalue weighted by Gasteiger charge is 2.07. The van der Waals surface area contributed by atoms with E-state index in [1.165, 1.54) is 0 Å². The van der Waals surface area contributed by atoms with E-state index in [0.717, 1.165) is 21.0 Å². The summed E-state index contributed by atoms with van der Waals surface area (Å²) in [6.45, 7) is 0. The Balaban J connectivity index is 2.62. The van der Waals surface area contributed by atoms with Gasteiger partial charge in [0.25, 0.3) is 0 Å². The molecule has 4 heteroatoms. The molecule has 0 aliphatic rings. The maximum Gasteiger partial charge on any atom is 0.149 e. The molecule has 0 atom stereocenters. The van der Waals surface area contributed by atoms with Crippen LogP contribution in [0, 0.1) is 0 Å². The van der Waals surface area contributed by atoms with Crippen molar-refractivity contribution >= 4 is 32.3 Å². The van der Waals surface area contributed by atoms with E-state index in [0.29, 0.717) is 0 Å². The van der Waals surface area contributed by atoms with Crippen molar-refractivity contribution in [2.45, 2.75) is 0 Å². The van der Waals surface area contributed by atoms with Crippen LogP contribution in [0.4, 0.5) is 0 Å². The first kappa shape index (κ1) is 8.73. The second-order valence-corrected chi connectivity index (χ2v) is 4.16. The first-order valence-electron chi connectivity index (χ1n) is 4.50. The first-order valence-corrected chi connectivity index (χ1v) is 5.30. The minimum atomic E-state index is 0.260. The van der Waals surface area contributed by atoms with Gasteiger partial charge >= 0.3 is 0 Å². The van der Waals surface area contributed by atoms with Gasteiger partial charge in [0.2, 0.25) is 0 Å². The van der Waals surface area contributed by atoms with Crippen molar-refractivity contribution in [2.75, 3.05) is 0 Å². The SMILES string of the molecule is Oc1cccc2ccn3cc(Br)nc3c12. The summed E-state index contributed by atoms with van der Waals surface area (Å²) in [7, 11) is 0. The average molecular weight is 263 g/mol. The number of benzene rings is 1. The monoisotopic (exact) mass is 262 g/mol. The van der Waals surface area contributed by atoms with Crippen LogP contribution in [0.15, 0.2) is 41.3 Å². The number of phenolic OH excluding ortho intramolecular Hbond substituents is 1. The Hall–Kier alpha value is -1.55. The van der Waals surface area contributed by atoms with Gasteiger partial charge in [-0.25, -0.2) is 4.98 Å². The fourth-order valence-corrected chi connectivity index (χ4v) is 2.15. The van der Waals surface area contributed by atoms with Crippen LogP contribution in [-0.4, -0.2) is 14.5 Å². The van der Waals surface area contributed by atoms with Gasteiger partial charge in [-0.2, -0.15) is 0 Å². The van der Waals surface area contributed by atoms with Crippen molar-refractivity contribution in [3.05, 3.63) is 41.3 Å². The molecule has 2 aromatic heterocycles. The fraction of sp³-hybridized carbons (Fsp3) is 0. The van der Waals surface area contributed by atoms with Gasteiger partial charge in [0.15, 0.2) is 0 Å². The number of phenols is 1. The number of halogens is 1. The third-order valence-corrected chi connectivity index (χ3v) is 2.80. The van der Waals surface area contributed by atoms with Crippen molar-refractivity contribution in [3.8, 4) is 5.75 Å². The van der Waals surface area contributed by atoms with Crippen LogP contribution >= 0.6 is 15.9 Å². The molecule has 0 amide bonds. The normalized spacial score (nSPS) is 11.3. The highest BCUT2D eigenvalue weighted by molar-refractivity contribution is 9.10. The molecule has 1 aromatic carbocycles. The standard InChI is InChI=1S/C11H7BrN2O/c12-9-6-14-5-4-7-2-1-3-8(15)10(7)11(14)13-9/h1-6,15H. The van der Waals surface area contributed by atoms with Crippen LogP contribution in [0.1, 0.15) is 0 Å². The largest absolute Gasteiger partial charge is 0.507 e. The Morgan fingerprint density at radius 3 is 3.00 bits per heavy atom. The predicted molar refractivity (Wildman–Crippen MR) is 62.1 cm³/mol. The van der Waals surface area contributed by atoms with Crippen LogP contribution in [0.5, 0.6) is 5.75 Å². The first-order chi connectivity index (χ1) is 7.25. The number of rotatable bonds is 0. The van der Waals surface area contributed by atoms with Crippen molar-refractivity contribution < 1.29 is 5.11 Å². The predicted octanol–water partition coefficient (Wildman–Crippen LogP) is 2.96. The molecule has 0 spiro atoms. The number of fused-ring (bicyclic) bond motifs is 3. The molecule has 2 heterocycles. The Labute approximate surface area is 94.1 Å². The van der Waals surface area contributed by atoms with Gasteiger partial charge in [-0.15, -0.1) is 0 Å². The van der Waals surface area contributed by atoms with E-state index < -0.39 is 0 Å². The molecule has 0 aliphatic carbocycles. The molecule has 1 N–H and O–H groups in total. The highest BCUT2D eigenvalue weighted by atomic mass is 79.9. The minimum Gasteiger partial charge on any atom is -0.507 e. The Bertz CT molecular complexity index is 660. The maximum absolute atomic E-state index is 9.81. The molecule has 0 fully saturated rings. The van der Waals surface area contributed by atoms with Crippen molar-refractivity contribution in [2.24, 2.45) is 0 Å². The van der Waals surface area contributed by atoms with E-state index in [2.05, 4.69) is 20.9 Å². The Morgan fingerprint density at radius 1 is 1.27 bits per heavy atom. The van der Waals surface area contributed by atoms with Crippen molar-refractivity contribution in [1.82, 2.24) is 9.38 Å². The maximum atomic E-state index is 9.81. The Kier molecular flexibility index (Phi) is 1.73. The van der Waals surface area contributed by atoms with Crippen molar-refractivity contribution in [1.29, 1.82) is 0 Å². The summed E-state index contributed by atoms with van der Waals surface area (Å²) in [5, 5.41) is 11.6. The third kappa shape index (κ3) is 1.22. The summed E-state index contributed by atoms with van der Waals surface area (Å²) in [5.41, 5.74) is 0.762. The number of aromatic nitrogens is 2. The molecular formula is C11H7BrN2O. The molecule has 0 saturated heterocycles. The van der Waals surface area contributed by atoms with E-state index >= 15 is 0 Å². The molecule has 0 radical (unpaired) electrons. The molecule has 0 saturated carbocycles. The molecule has 3 rings (SSSR count). The molecule has 3 aromatic rings. The number of hydrogen-bond donors (Lipinski definition) is 1. The lowest BCUT2D eigenvalue weighted by atomic mass is 10.1. The van der Waals surface area contributed by atoms with Crippen LogP contribution in [0.25, 0.3) is 16.4 Å². The number of aromatic hydroxyl groups is 1. The zero-order valence-corrected chi connectivity index (χ0v) is 9.27. The van der Waals surface area contributed by atoms with E-state index in [-0.39, 0.29) is 5.75 Å². The summed E-state index contributed by atoms with van der Waals surface area (Å²) < 4.78 is 2.64. The lowest BCUT2D eigenvalue weighted by Crippen LogP contribution is -1.84. The van der Waals surface area contributed by atoms with Crippen LogP contribution in [0.3, 0.4) is 0 Å². The van der Waals surface area contributed by atoms with Gasteiger partial charge in [0.1, 0.15) is 16.0 Å². The highest BCUT2D eigenvalue weighted by Crippen LogP contribution is 2.28. The van der Waals surface area contributed by atoms with Crippen LogP contribution < -0.4 is 0 Å². The van der Waals surface area contributed by atoms with Gasteiger partial charge in [0.05, 0.1) is 5.39 Å². The fourth-order valence-electron chi connectivity index (χ4n) is 1.76. The second kappa shape index (κ2) is 2.97. The molecule has 0 unspecified atom stereocenters. The molecule has 3 nitrogen and oxygen atoms in total.